The van der Waals surface area contributed by atoms with Gasteiger partial charge in [0.2, 0.25) is 0 Å². The smallest absolute Gasteiger partial charge is 0.0802 e. The second-order valence-electron chi connectivity index (χ2n) is 4.27. The van der Waals surface area contributed by atoms with E-state index in [0.717, 1.165) is 11.3 Å². The van der Waals surface area contributed by atoms with Gasteiger partial charge in [0.15, 0.2) is 0 Å². The number of halogens is 1. The minimum Gasteiger partial charge on any atom is -0.319 e. The summed E-state index contributed by atoms with van der Waals surface area (Å²) in [7, 11) is 0. The molecule has 1 aromatic carbocycles. The van der Waals surface area contributed by atoms with Gasteiger partial charge in [-0.3, -0.25) is 4.98 Å². The molecule has 0 radical (unpaired) electrons. The Kier molecular flexibility index (Phi) is 3.46. The summed E-state index contributed by atoms with van der Waals surface area (Å²) in [5.74, 6) is 0. The van der Waals surface area contributed by atoms with Gasteiger partial charge in [0, 0.05) is 6.20 Å². The molecule has 0 spiro atoms. The fourth-order valence-corrected chi connectivity index (χ4v) is 2.21. The van der Waals surface area contributed by atoms with Gasteiger partial charge in [-0.1, -0.05) is 40.9 Å². The molecule has 3 heteroatoms. The Morgan fingerprint density at radius 2 is 1.82 bits per heavy atom. The number of pyridine rings is 1. The van der Waals surface area contributed by atoms with E-state index in [2.05, 4.69) is 37.0 Å². The van der Waals surface area contributed by atoms with Crippen LogP contribution in [0.1, 0.15) is 28.4 Å². The van der Waals surface area contributed by atoms with Crippen LogP contribution >= 0.6 is 11.6 Å². The Morgan fingerprint density at radius 1 is 1.18 bits per heavy atom. The van der Waals surface area contributed by atoms with E-state index in [0.29, 0.717) is 5.02 Å². The molecule has 0 fully saturated rings. The highest BCUT2D eigenvalue weighted by Gasteiger charge is 2.14. The van der Waals surface area contributed by atoms with E-state index < -0.39 is 0 Å². The zero-order valence-corrected chi connectivity index (χ0v) is 10.7. The minimum absolute atomic E-state index is 0.276. The topological polar surface area (TPSA) is 38.9 Å². The SMILES string of the molecule is Cc1cc(C)cc(C(N)c2ncccc2Cl)c1. The summed E-state index contributed by atoms with van der Waals surface area (Å²) in [4.78, 5) is 4.26. The van der Waals surface area contributed by atoms with Crippen molar-refractivity contribution in [1.29, 1.82) is 0 Å². The van der Waals surface area contributed by atoms with Gasteiger partial charge >= 0.3 is 0 Å². The Morgan fingerprint density at radius 3 is 2.41 bits per heavy atom. The quantitative estimate of drug-likeness (QED) is 0.882. The highest BCUT2D eigenvalue weighted by Crippen LogP contribution is 2.25. The number of nitrogens with two attached hydrogens (primary N) is 1. The third kappa shape index (κ3) is 2.65. The first kappa shape index (κ1) is 12.1. The van der Waals surface area contributed by atoms with Crippen molar-refractivity contribution in [1.82, 2.24) is 4.98 Å². The molecule has 1 aromatic heterocycles. The second-order valence-corrected chi connectivity index (χ2v) is 4.68. The van der Waals surface area contributed by atoms with Gasteiger partial charge in [0.25, 0.3) is 0 Å². The molecule has 2 N–H and O–H groups in total. The molecule has 0 bridgehead atoms. The zero-order chi connectivity index (χ0) is 12.4. The van der Waals surface area contributed by atoms with E-state index in [-0.39, 0.29) is 6.04 Å². The van der Waals surface area contributed by atoms with Crippen molar-refractivity contribution < 1.29 is 0 Å². The van der Waals surface area contributed by atoms with Gasteiger partial charge in [-0.25, -0.2) is 0 Å². The Hall–Kier alpha value is -1.38. The fourth-order valence-electron chi connectivity index (χ4n) is 1.97. The Labute approximate surface area is 106 Å². The van der Waals surface area contributed by atoms with E-state index in [1.54, 1.807) is 12.3 Å². The molecule has 1 unspecified atom stereocenters. The van der Waals surface area contributed by atoms with Crippen molar-refractivity contribution in [2.24, 2.45) is 5.73 Å². The summed E-state index contributed by atoms with van der Waals surface area (Å²) in [6, 6.07) is 9.61. The van der Waals surface area contributed by atoms with Crippen molar-refractivity contribution in [3.8, 4) is 0 Å². The van der Waals surface area contributed by atoms with E-state index in [1.807, 2.05) is 6.07 Å². The van der Waals surface area contributed by atoms with Crippen LogP contribution < -0.4 is 5.73 Å². The number of benzene rings is 1. The summed E-state index contributed by atoms with van der Waals surface area (Å²) in [6.07, 6.45) is 1.71. The highest BCUT2D eigenvalue weighted by atomic mass is 35.5. The molecule has 0 aliphatic heterocycles. The van der Waals surface area contributed by atoms with E-state index in [4.69, 9.17) is 17.3 Å². The van der Waals surface area contributed by atoms with Gasteiger partial charge in [-0.15, -0.1) is 0 Å². The van der Waals surface area contributed by atoms with E-state index >= 15 is 0 Å². The molecule has 17 heavy (non-hydrogen) atoms. The molecular weight excluding hydrogens is 232 g/mol. The molecule has 88 valence electrons. The van der Waals surface area contributed by atoms with E-state index in [9.17, 15) is 0 Å². The van der Waals surface area contributed by atoms with Gasteiger partial charge in [0.05, 0.1) is 16.8 Å². The number of hydrogen-bond donors (Lipinski definition) is 1. The molecule has 0 saturated carbocycles. The summed E-state index contributed by atoms with van der Waals surface area (Å²) in [5, 5.41) is 0.610. The van der Waals surface area contributed by atoms with Crippen LogP contribution in [-0.4, -0.2) is 4.98 Å². The maximum absolute atomic E-state index is 6.21. The standard InChI is InChI=1S/C14H15ClN2/c1-9-6-10(2)8-11(7-9)13(16)14-12(15)4-3-5-17-14/h3-8,13H,16H2,1-2H3. The van der Waals surface area contributed by atoms with Crippen LogP contribution in [0.25, 0.3) is 0 Å². The maximum atomic E-state index is 6.21. The molecule has 1 heterocycles. The fraction of sp³-hybridized carbons (Fsp3) is 0.214. The van der Waals surface area contributed by atoms with Crippen LogP contribution in [0.5, 0.6) is 0 Å². The Bertz CT molecular complexity index is 517. The van der Waals surface area contributed by atoms with Crippen LogP contribution in [0.3, 0.4) is 0 Å². The highest BCUT2D eigenvalue weighted by molar-refractivity contribution is 6.31. The van der Waals surface area contributed by atoms with Crippen molar-refractivity contribution >= 4 is 11.6 Å². The predicted molar refractivity (Wildman–Crippen MR) is 71.2 cm³/mol. The number of aromatic nitrogens is 1. The first-order valence-electron chi connectivity index (χ1n) is 5.52. The minimum atomic E-state index is -0.276. The summed E-state index contributed by atoms with van der Waals surface area (Å²) < 4.78 is 0. The van der Waals surface area contributed by atoms with Gasteiger partial charge < -0.3 is 5.73 Å². The van der Waals surface area contributed by atoms with Gasteiger partial charge in [0.1, 0.15) is 0 Å². The molecule has 0 aliphatic carbocycles. The van der Waals surface area contributed by atoms with Gasteiger partial charge in [-0.05, 0) is 31.5 Å². The second kappa shape index (κ2) is 4.86. The average molecular weight is 247 g/mol. The van der Waals surface area contributed by atoms with Crippen LogP contribution in [-0.2, 0) is 0 Å². The first-order chi connectivity index (χ1) is 8.08. The molecule has 0 amide bonds. The average Bonchev–Trinajstić information content (AvgIpc) is 2.27. The number of nitrogens with zero attached hydrogens (tertiary/aromatic N) is 1. The molecule has 0 saturated heterocycles. The number of aryl methyl sites for hydroxylation is 2. The first-order valence-corrected chi connectivity index (χ1v) is 5.90. The molecular formula is C14H15ClN2. The monoisotopic (exact) mass is 246 g/mol. The lowest BCUT2D eigenvalue weighted by Gasteiger charge is -2.14. The van der Waals surface area contributed by atoms with Crippen molar-refractivity contribution in [2.75, 3.05) is 0 Å². The van der Waals surface area contributed by atoms with Gasteiger partial charge in [-0.2, -0.15) is 0 Å². The summed E-state index contributed by atoms with van der Waals surface area (Å²) in [6.45, 7) is 4.12. The van der Waals surface area contributed by atoms with Crippen molar-refractivity contribution in [3.63, 3.8) is 0 Å². The van der Waals surface area contributed by atoms with Crippen LogP contribution in [0, 0.1) is 13.8 Å². The third-order valence-corrected chi connectivity index (χ3v) is 3.00. The number of hydrogen-bond acceptors (Lipinski definition) is 2. The Balaban J connectivity index is 2.43. The molecule has 2 aromatic rings. The summed E-state index contributed by atoms with van der Waals surface area (Å²) >= 11 is 6.11. The molecule has 0 aliphatic rings. The lowest BCUT2D eigenvalue weighted by atomic mass is 9.99. The normalized spacial score (nSPS) is 12.5. The third-order valence-electron chi connectivity index (χ3n) is 2.68. The largest absolute Gasteiger partial charge is 0.319 e. The van der Waals surface area contributed by atoms with Crippen LogP contribution in [0.2, 0.25) is 5.02 Å². The lowest BCUT2D eigenvalue weighted by Crippen LogP contribution is -2.14. The lowest BCUT2D eigenvalue weighted by molar-refractivity contribution is 0.826. The molecule has 2 nitrogen and oxygen atoms in total. The van der Waals surface area contributed by atoms with Crippen LogP contribution in [0.15, 0.2) is 36.5 Å². The van der Waals surface area contributed by atoms with Crippen LogP contribution in [0.4, 0.5) is 0 Å². The maximum Gasteiger partial charge on any atom is 0.0802 e. The zero-order valence-electron chi connectivity index (χ0n) is 9.94. The van der Waals surface area contributed by atoms with E-state index in [1.165, 1.54) is 11.1 Å². The number of rotatable bonds is 2. The molecule has 2 rings (SSSR count). The van der Waals surface area contributed by atoms with Crippen molar-refractivity contribution in [2.45, 2.75) is 19.9 Å². The molecule has 1 atom stereocenters. The van der Waals surface area contributed by atoms with Crippen molar-refractivity contribution in [3.05, 3.63) is 63.9 Å². The predicted octanol–water partition coefficient (Wildman–Crippen LogP) is 3.40. The summed E-state index contributed by atoms with van der Waals surface area (Å²) in [5.41, 5.74) is 10.4.